The number of hydrogen-bond donors (Lipinski definition) is 0. The lowest BCUT2D eigenvalue weighted by atomic mass is 9.84. The molecule has 158 valence electrons. The van der Waals surface area contributed by atoms with Crippen LogP contribution in [0.3, 0.4) is 0 Å². The lowest BCUT2D eigenvalue weighted by Gasteiger charge is -2.21. The largest absolute Gasteiger partial charge is 0.264 e. The first-order valence-corrected chi connectivity index (χ1v) is 10.9. The Morgan fingerprint density at radius 3 is 2.21 bits per heavy atom. The molecular formula is C28H41N. The van der Waals surface area contributed by atoms with Crippen molar-refractivity contribution in [1.29, 1.82) is 0 Å². The van der Waals surface area contributed by atoms with Gasteiger partial charge in [0.15, 0.2) is 0 Å². The number of aromatic nitrogens is 1. The van der Waals surface area contributed by atoms with Gasteiger partial charge in [0.25, 0.3) is 0 Å². The molecule has 1 aromatic carbocycles. The topological polar surface area (TPSA) is 12.9 Å². The average molecular weight is 392 g/mol. The highest BCUT2D eigenvalue weighted by Crippen LogP contribution is 2.32. The summed E-state index contributed by atoms with van der Waals surface area (Å²) in [5, 5.41) is 0. The minimum Gasteiger partial charge on any atom is -0.264 e. The third kappa shape index (κ3) is 11.2. The van der Waals surface area contributed by atoms with E-state index in [1.165, 1.54) is 27.8 Å². The Kier molecular flexibility index (Phi) is 15.2. The van der Waals surface area contributed by atoms with Crippen LogP contribution in [0.25, 0.3) is 0 Å². The summed E-state index contributed by atoms with van der Waals surface area (Å²) in [5.41, 5.74) is 6.52. The number of pyridine rings is 1. The van der Waals surface area contributed by atoms with Gasteiger partial charge in [-0.25, -0.2) is 0 Å². The molecule has 1 atom stereocenters. The molecule has 1 aromatic heterocycles. The molecule has 0 saturated heterocycles. The molecule has 0 spiro atoms. The van der Waals surface area contributed by atoms with E-state index >= 15 is 0 Å². The number of rotatable bonds is 9. The Morgan fingerprint density at radius 1 is 1.07 bits per heavy atom. The Bertz CT molecular complexity index is 695. The van der Waals surface area contributed by atoms with E-state index in [1.54, 1.807) is 6.08 Å². The fraction of sp³-hybridized carbons (Fsp3) is 0.393. The third-order valence-electron chi connectivity index (χ3n) is 4.53. The number of hydrogen-bond acceptors (Lipinski definition) is 1. The van der Waals surface area contributed by atoms with E-state index in [-0.39, 0.29) is 0 Å². The molecule has 0 bridgehead atoms. The zero-order chi connectivity index (χ0) is 22.1. The SMILES string of the molecule is C=C(CCC)CC(C(=C)CCc1ccc(C)cc1)c1cccnc1.C=CC.CC. The molecule has 0 saturated carbocycles. The van der Waals surface area contributed by atoms with Gasteiger partial charge in [-0.15, -0.1) is 6.58 Å². The van der Waals surface area contributed by atoms with Crippen molar-refractivity contribution < 1.29 is 0 Å². The van der Waals surface area contributed by atoms with Crippen LogP contribution in [-0.4, -0.2) is 4.98 Å². The molecule has 0 aliphatic carbocycles. The molecular weight excluding hydrogens is 350 g/mol. The lowest BCUT2D eigenvalue weighted by molar-refractivity contribution is 0.700. The predicted molar refractivity (Wildman–Crippen MR) is 132 cm³/mol. The van der Waals surface area contributed by atoms with Crippen molar-refractivity contribution >= 4 is 0 Å². The fourth-order valence-electron chi connectivity index (χ4n) is 3.06. The van der Waals surface area contributed by atoms with Gasteiger partial charge < -0.3 is 0 Å². The van der Waals surface area contributed by atoms with Crippen molar-refractivity contribution in [3.63, 3.8) is 0 Å². The molecule has 0 fully saturated rings. The summed E-state index contributed by atoms with van der Waals surface area (Å²) >= 11 is 0. The van der Waals surface area contributed by atoms with Gasteiger partial charge >= 0.3 is 0 Å². The summed E-state index contributed by atoms with van der Waals surface area (Å²) in [6.45, 7) is 22.2. The highest BCUT2D eigenvalue weighted by atomic mass is 14.6. The Morgan fingerprint density at radius 2 is 1.69 bits per heavy atom. The van der Waals surface area contributed by atoms with Gasteiger partial charge in [-0.2, -0.15) is 0 Å². The minimum atomic E-state index is 0.322. The monoisotopic (exact) mass is 391 g/mol. The number of allylic oxidation sites excluding steroid dienone is 3. The van der Waals surface area contributed by atoms with E-state index in [1.807, 2.05) is 39.2 Å². The lowest BCUT2D eigenvalue weighted by Crippen LogP contribution is -2.05. The van der Waals surface area contributed by atoms with E-state index in [9.17, 15) is 0 Å². The van der Waals surface area contributed by atoms with Crippen LogP contribution in [0.5, 0.6) is 0 Å². The van der Waals surface area contributed by atoms with Gasteiger partial charge in [0.05, 0.1) is 0 Å². The molecule has 0 aliphatic rings. The van der Waals surface area contributed by atoms with E-state index in [0.29, 0.717) is 5.92 Å². The van der Waals surface area contributed by atoms with Gasteiger partial charge in [-0.1, -0.05) is 93.5 Å². The molecule has 2 aromatic rings. The first-order valence-electron chi connectivity index (χ1n) is 10.9. The average Bonchev–Trinajstić information content (AvgIpc) is 2.74. The second kappa shape index (κ2) is 16.5. The van der Waals surface area contributed by atoms with Crippen LogP contribution in [0.2, 0.25) is 0 Å². The molecule has 29 heavy (non-hydrogen) atoms. The summed E-state index contributed by atoms with van der Waals surface area (Å²) in [5.74, 6) is 0.322. The van der Waals surface area contributed by atoms with Crippen LogP contribution in [0, 0.1) is 6.92 Å². The second-order valence-electron chi connectivity index (χ2n) is 7.10. The first-order chi connectivity index (χ1) is 14.0. The first kappa shape index (κ1) is 26.6. The van der Waals surface area contributed by atoms with Crippen molar-refractivity contribution in [3.8, 4) is 0 Å². The van der Waals surface area contributed by atoms with Crippen LogP contribution in [0.4, 0.5) is 0 Å². The van der Waals surface area contributed by atoms with E-state index in [2.05, 4.69) is 68.9 Å². The van der Waals surface area contributed by atoms with Crippen molar-refractivity contribution in [3.05, 3.63) is 102 Å². The van der Waals surface area contributed by atoms with Crippen molar-refractivity contribution in [1.82, 2.24) is 4.98 Å². The van der Waals surface area contributed by atoms with Crippen molar-refractivity contribution in [2.45, 2.75) is 72.6 Å². The molecule has 1 unspecified atom stereocenters. The Labute approximate surface area is 180 Å². The van der Waals surface area contributed by atoms with Crippen LogP contribution < -0.4 is 0 Å². The van der Waals surface area contributed by atoms with E-state index in [0.717, 1.165) is 32.1 Å². The predicted octanol–water partition coefficient (Wildman–Crippen LogP) is 8.63. The maximum absolute atomic E-state index is 4.41. The van der Waals surface area contributed by atoms with E-state index in [4.69, 9.17) is 0 Å². The summed E-state index contributed by atoms with van der Waals surface area (Å²) in [7, 11) is 0. The Balaban J connectivity index is 0.00000143. The zero-order valence-electron chi connectivity index (χ0n) is 19.4. The second-order valence-corrected chi connectivity index (χ2v) is 7.10. The summed E-state index contributed by atoms with van der Waals surface area (Å²) < 4.78 is 0. The molecule has 1 heterocycles. The molecule has 1 heteroatoms. The minimum absolute atomic E-state index is 0.322. The summed E-state index contributed by atoms with van der Waals surface area (Å²) in [6.07, 6.45) is 10.8. The van der Waals surface area contributed by atoms with Crippen LogP contribution in [-0.2, 0) is 6.42 Å². The van der Waals surface area contributed by atoms with Crippen molar-refractivity contribution in [2.75, 3.05) is 0 Å². The fourth-order valence-corrected chi connectivity index (χ4v) is 3.06. The van der Waals surface area contributed by atoms with Crippen LogP contribution >= 0.6 is 0 Å². The summed E-state index contributed by atoms with van der Waals surface area (Å²) in [6, 6.07) is 13.0. The highest BCUT2D eigenvalue weighted by Gasteiger charge is 2.16. The zero-order valence-corrected chi connectivity index (χ0v) is 19.4. The molecule has 0 radical (unpaired) electrons. The molecule has 1 nitrogen and oxygen atoms in total. The molecule has 2 rings (SSSR count). The van der Waals surface area contributed by atoms with Gasteiger partial charge in [-0.05, 0) is 56.7 Å². The van der Waals surface area contributed by atoms with E-state index < -0.39 is 0 Å². The normalized spacial score (nSPS) is 10.5. The number of benzene rings is 1. The maximum Gasteiger partial charge on any atom is 0.0306 e. The van der Waals surface area contributed by atoms with Crippen LogP contribution in [0.1, 0.15) is 76.0 Å². The number of nitrogens with zero attached hydrogens (tertiary/aromatic N) is 1. The van der Waals surface area contributed by atoms with Gasteiger partial charge in [0, 0.05) is 18.3 Å². The molecule has 0 amide bonds. The highest BCUT2D eigenvalue weighted by molar-refractivity contribution is 5.29. The maximum atomic E-state index is 4.41. The molecule has 0 N–H and O–H groups in total. The Hall–Kier alpha value is -2.41. The van der Waals surface area contributed by atoms with Gasteiger partial charge in [-0.3, -0.25) is 4.98 Å². The third-order valence-corrected chi connectivity index (χ3v) is 4.53. The van der Waals surface area contributed by atoms with Crippen molar-refractivity contribution in [2.24, 2.45) is 0 Å². The standard InChI is InChI=1S/C23H29N.C3H6.C2H6/c1-5-7-19(3)16-23(22-8-6-15-24-17-22)20(4)11-14-21-12-9-18(2)10-13-21;1-3-2;1-2/h6,8-10,12-13,15,17,23H,3-5,7,11,14,16H2,1-2H3;3H,1H2,2H3;1-2H3. The van der Waals surface area contributed by atoms with Crippen LogP contribution in [0.15, 0.2) is 85.8 Å². The smallest absolute Gasteiger partial charge is 0.0306 e. The van der Waals surface area contributed by atoms with Gasteiger partial charge in [0.1, 0.15) is 0 Å². The van der Waals surface area contributed by atoms with Gasteiger partial charge in [0.2, 0.25) is 0 Å². The number of aryl methyl sites for hydroxylation is 2. The molecule has 0 aliphatic heterocycles. The summed E-state index contributed by atoms with van der Waals surface area (Å²) in [4.78, 5) is 4.30. The quantitative estimate of drug-likeness (QED) is 0.390.